The molecule has 2 rings (SSSR count). The van der Waals surface area contributed by atoms with E-state index < -0.39 is 11.8 Å². The Hall–Kier alpha value is -0.900. The van der Waals surface area contributed by atoms with Crippen LogP contribution in [0.25, 0.3) is 0 Å². The SMILES string of the molecule is NC1(O)c2ccccc2CCC1O. The molecule has 1 aliphatic carbocycles. The number of aryl methyl sites for hydroxylation is 1. The Morgan fingerprint density at radius 2 is 2.08 bits per heavy atom. The van der Waals surface area contributed by atoms with Crippen molar-refractivity contribution < 1.29 is 10.2 Å². The van der Waals surface area contributed by atoms with Crippen LogP contribution in [0, 0.1) is 0 Å². The maximum atomic E-state index is 9.82. The Morgan fingerprint density at radius 3 is 2.85 bits per heavy atom. The molecule has 1 aliphatic rings. The Morgan fingerprint density at radius 1 is 1.38 bits per heavy atom. The lowest BCUT2D eigenvalue weighted by Crippen LogP contribution is -2.50. The van der Waals surface area contributed by atoms with Gasteiger partial charge in [-0.25, -0.2) is 0 Å². The molecule has 0 spiro atoms. The van der Waals surface area contributed by atoms with E-state index in [4.69, 9.17) is 5.73 Å². The number of aliphatic hydroxyl groups excluding tert-OH is 1. The molecule has 3 heteroatoms. The highest BCUT2D eigenvalue weighted by molar-refractivity contribution is 5.35. The topological polar surface area (TPSA) is 66.5 Å². The first-order valence-electron chi connectivity index (χ1n) is 4.40. The highest BCUT2D eigenvalue weighted by Gasteiger charge is 2.37. The van der Waals surface area contributed by atoms with Crippen molar-refractivity contribution in [3.05, 3.63) is 35.4 Å². The number of hydrogen-bond donors (Lipinski definition) is 3. The molecule has 0 fully saturated rings. The largest absolute Gasteiger partial charge is 0.388 e. The molecular weight excluding hydrogens is 166 g/mol. The molecule has 0 bridgehead atoms. The van der Waals surface area contributed by atoms with Crippen molar-refractivity contribution in [1.82, 2.24) is 0 Å². The van der Waals surface area contributed by atoms with Gasteiger partial charge >= 0.3 is 0 Å². The van der Waals surface area contributed by atoms with Crippen molar-refractivity contribution in [1.29, 1.82) is 0 Å². The van der Waals surface area contributed by atoms with E-state index in [1.807, 2.05) is 18.2 Å². The molecule has 0 amide bonds. The van der Waals surface area contributed by atoms with E-state index in [9.17, 15) is 10.2 Å². The number of rotatable bonds is 0. The summed E-state index contributed by atoms with van der Waals surface area (Å²) in [6.07, 6.45) is 0.434. The van der Waals surface area contributed by atoms with Crippen molar-refractivity contribution in [3.63, 3.8) is 0 Å². The lowest BCUT2D eigenvalue weighted by molar-refractivity contribution is -0.0859. The van der Waals surface area contributed by atoms with Crippen LogP contribution < -0.4 is 5.73 Å². The second-order valence-electron chi connectivity index (χ2n) is 3.54. The molecule has 0 aromatic heterocycles. The van der Waals surface area contributed by atoms with Crippen molar-refractivity contribution in [2.45, 2.75) is 24.7 Å². The molecule has 13 heavy (non-hydrogen) atoms. The van der Waals surface area contributed by atoms with Gasteiger partial charge in [0.1, 0.15) is 6.10 Å². The third-order valence-electron chi connectivity index (χ3n) is 2.64. The Bertz CT molecular complexity index is 322. The van der Waals surface area contributed by atoms with Crippen LogP contribution in [-0.2, 0) is 12.1 Å². The maximum absolute atomic E-state index is 9.82. The van der Waals surface area contributed by atoms with Gasteiger partial charge in [-0.2, -0.15) is 0 Å². The van der Waals surface area contributed by atoms with Gasteiger partial charge in [-0.1, -0.05) is 24.3 Å². The second-order valence-corrected chi connectivity index (χ2v) is 3.54. The molecule has 3 nitrogen and oxygen atoms in total. The minimum absolute atomic E-state index is 0.518. The molecule has 2 atom stereocenters. The Balaban J connectivity index is 2.52. The quantitative estimate of drug-likeness (QED) is 0.495. The predicted octanol–water partition coefficient (Wildman–Crippen LogP) is 0.0975. The summed E-state index contributed by atoms with van der Waals surface area (Å²) >= 11 is 0. The smallest absolute Gasteiger partial charge is 0.166 e. The second kappa shape index (κ2) is 2.80. The number of fused-ring (bicyclic) bond motifs is 1. The number of hydrogen-bond acceptors (Lipinski definition) is 3. The highest BCUT2D eigenvalue weighted by atomic mass is 16.4. The van der Waals surface area contributed by atoms with Gasteiger partial charge in [-0.3, -0.25) is 5.73 Å². The average molecular weight is 179 g/mol. The third kappa shape index (κ3) is 1.25. The summed E-state index contributed by atoms with van der Waals surface area (Å²) < 4.78 is 0. The summed E-state index contributed by atoms with van der Waals surface area (Å²) in [7, 11) is 0. The molecule has 0 saturated heterocycles. The molecule has 0 aliphatic heterocycles. The van der Waals surface area contributed by atoms with Gasteiger partial charge in [0, 0.05) is 5.56 Å². The summed E-state index contributed by atoms with van der Waals surface area (Å²) in [6, 6.07) is 7.41. The van der Waals surface area contributed by atoms with Crippen LogP contribution in [0.15, 0.2) is 24.3 Å². The predicted molar refractivity (Wildman–Crippen MR) is 48.9 cm³/mol. The van der Waals surface area contributed by atoms with Gasteiger partial charge in [0.25, 0.3) is 0 Å². The first kappa shape index (κ1) is 8.69. The van der Waals surface area contributed by atoms with Gasteiger partial charge in [-0.05, 0) is 18.4 Å². The normalized spacial score (nSPS) is 32.7. The van der Waals surface area contributed by atoms with E-state index >= 15 is 0 Å². The fourth-order valence-electron chi connectivity index (χ4n) is 1.82. The van der Waals surface area contributed by atoms with Crippen LogP contribution in [0.1, 0.15) is 17.5 Å². The fourth-order valence-corrected chi connectivity index (χ4v) is 1.82. The molecule has 0 heterocycles. The summed E-state index contributed by atoms with van der Waals surface area (Å²) in [5.74, 6) is 0. The van der Waals surface area contributed by atoms with Crippen LogP contribution in [-0.4, -0.2) is 16.3 Å². The van der Waals surface area contributed by atoms with Crippen LogP contribution >= 0.6 is 0 Å². The zero-order valence-electron chi connectivity index (χ0n) is 7.27. The standard InChI is InChI=1S/C10H13NO2/c11-10(13)8-4-2-1-3-7(8)5-6-9(10)12/h1-4,9,12-13H,5-6,11H2. The molecular formula is C10H13NO2. The van der Waals surface area contributed by atoms with Gasteiger partial charge < -0.3 is 10.2 Å². The van der Waals surface area contributed by atoms with Gasteiger partial charge in [0.05, 0.1) is 0 Å². The maximum Gasteiger partial charge on any atom is 0.166 e. The van der Waals surface area contributed by atoms with Crippen LogP contribution in [0.4, 0.5) is 0 Å². The van der Waals surface area contributed by atoms with E-state index in [2.05, 4.69) is 0 Å². The molecule has 2 unspecified atom stereocenters. The molecule has 0 saturated carbocycles. The lowest BCUT2D eigenvalue weighted by atomic mass is 9.83. The molecule has 4 N–H and O–H groups in total. The monoisotopic (exact) mass is 179 g/mol. The summed E-state index contributed by atoms with van der Waals surface area (Å²) in [5.41, 5.74) is 5.74. The fraction of sp³-hybridized carbons (Fsp3) is 0.400. The van der Waals surface area contributed by atoms with Crippen LogP contribution in [0.2, 0.25) is 0 Å². The molecule has 0 radical (unpaired) electrons. The van der Waals surface area contributed by atoms with Gasteiger partial charge in [0.2, 0.25) is 0 Å². The molecule has 70 valence electrons. The van der Waals surface area contributed by atoms with Gasteiger partial charge in [0.15, 0.2) is 5.72 Å². The number of nitrogens with two attached hydrogens (primary N) is 1. The van der Waals surface area contributed by atoms with Gasteiger partial charge in [-0.15, -0.1) is 0 Å². The van der Waals surface area contributed by atoms with E-state index in [1.54, 1.807) is 6.07 Å². The first-order valence-corrected chi connectivity index (χ1v) is 4.40. The molecule has 1 aromatic rings. The van der Waals surface area contributed by atoms with Crippen molar-refractivity contribution in [2.75, 3.05) is 0 Å². The van der Waals surface area contributed by atoms with E-state index in [-0.39, 0.29) is 0 Å². The third-order valence-corrected chi connectivity index (χ3v) is 2.64. The Kier molecular flexibility index (Phi) is 1.87. The van der Waals surface area contributed by atoms with E-state index in [0.29, 0.717) is 12.0 Å². The zero-order chi connectivity index (χ0) is 9.47. The first-order chi connectivity index (χ1) is 6.12. The van der Waals surface area contributed by atoms with E-state index in [0.717, 1.165) is 12.0 Å². The summed E-state index contributed by atoms with van der Waals surface area (Å²) in [4.78, 5) is 0. The van der Waals surface area contributed by atoms with Crippen LogP contribution in [0.5, 0.6) is 0 Å². The molecule has 1 aromatic carbocycles. The van der Waals surface area contributed by atoms with Crippen molar-refractivity contribution in [2.24, 2.45) is 5.73 Å². The minimum Gasteiger partial charge on any atom is -0.388 e. The zero-order valence-corrected chi connectivity index (χ0v) is 7.27. The summed E-state index contributed by atoms with van der Waals surface area (Å²) in [6.45, 7) is 0. The lowest BCUT2D eigenvalue weighted by Gasteiger charge is -2.35. The van der Waals surface area contributed by atoms with Crippen molar-refractivity contribution >= 4 is 0 Å². The Labute approximate surface area is 76.8 Å². The summed E-state index contributed by atoms with van der Waals surface area (Å²) in [5, 5.41) is 19.3. The van der Waals surface area contributed by atoms with Crippen molar-refractivity contribution in [3.8, 4) is 0 Å². The highest BCUT2D eigenvalue weighted by Crippen LogP contribution is 2.31. The number of benzene rings is 1. The minimum atomic E-state index is -1.57. The number of aliphatic hydroxyl groups is 2. The van der Waals surface area contributed by atoms with E-state index in [1.165, 1.54) is 0 Å². The van der Waals surface area contributed by atoms with Crippen LogP contribution in [0.3, 0.4) is 0 Å². The average Bonchev–Trinajstić information content (AvgIpc) is 2.13.